The molecule has 0 bridgehead atoms. The summed E-state index contributed by atoms with van der Waals surface area (Å²) in [4.78, 5) is 27.4. The van der Waals surface area contributed by atoms with Crippen LogP contribution in [0.2, 0.25) is 0 Å². The first-order valence-electron chi connectivity index (χ1n) is 9.72. The zero-order chi connectivity index (χ0) is 20.6. The highest BCUT2D eigenvalue weighted by molar-refractivity contribution is 6.05. The molecule has 154 valence electrons. The van der Waals surface area contributed by atoms with Gasteiger partial charge in [-0.3, -0.25) is 9.59 Å². The first-order valence-corrected chi connectivity index (χ1v) is 9.72. The second-order valence-corrected chi connectivity index (χ2v) is 6.84. The molecular formula is C22H27N3O4. The Morgan fingerprint density at radius 2 is 1.83 bits per heavy atom. The highest BCUT2D eigenvalue weighted by Gasteiger charge is 2.18. The van der Waals surface area contributed by atoms with Crippen molar-refractivity contribution in [1.82, 2.24) is 10.2 Å². The maximum absolute atomic E-state index is 12.8. The standard InChI is InChI=1S/C22H27N3O4/c1-28-19-9-8-17(14-20(19)29-2)22(27)24-18-7-4-3-6-16(18)15-21(26)25-12-5-10-23-11-13-25/h3-4,6-9,14,23H,5,10-13,15H2,1-2H3,(H,24,27). The Morgan fingerprint density at radius 3 is 2.62 bits per heavy atom. The number of ether oxygens (including phenoxy) is 2. The van der Waals surface area contributed by atoms with E-state index in [1.807, 2.05) is 29.2 Å². The average Bonchev–Trinajstić information content (AvgIpc) is 3.04. The molecule has 3 rings (SSSR count). The molecule has 29 heavy (non-hydrogen) atoms. The van der Waals surface area contributed by atoms with Crippen LogP contribution in [0.3, 0.4) is 0 Å². The minimum absolute atomic E-state index is 0.0708. The molecule has 2 aromatic rings. The molecule has 1 heterocycles. The van der Waals surface area contributed by atoms with Crippen molar-refractivity contribution in [2.45, 2.75) is 12.8 Å². The fraction of sp³-hybridized carbons (Fsp3) is 0.364. The van der Waals surface area contributed by atoms with Crippen LogP contribution in [0.25, 0.3) is 0 Å². The third-order valence-corrected chi connectivity index (χ3v) is 4.95. The number of methoxy groups -OCH3 is 2. The first kappa shape index (κ1) is 20.7. The lowest BCUT2D eigenvalue weighted by Crippen LogP contribution is -2.35. The summed E-state index contributed by atoms with van der Waals surface area (Å²) < 4.78 is 10.5. The van der Waals surface area contributed by atoms with Crippen molar-refractivity contribution < 1.29 is 19.1 Å². The number of hydrogen-bond acceptors (Lipinski definition) is 5. The van der Waals surface area contributed by atoms with E-state index in [9.17, 15) is 9.59 Å². The number of amides is 2. The van der Waals surface area contributed by atoms with Crippen molar-refractivity contribution >= 4 is 17.5 Å². The van der Waals surface area contributed by atoms with Gasteiger partial charge in [0.1, 0.15) is 0 Å². The summed E-state index contributed by atoms with van der Waals surface area (Å²) in [5.41, 5.74) is 1.87. The van der Waals surface area contributed by atoms with E-state index in [0.717, 1.165) is 31.6 Å². The van der Waals surface area contributed by atoms with Gasteiger partial charge in [0.15, 0.2) is 11.5 Å². The van der Waals surface area contributed by atoms with Gasteiger partial charge in [-0.25, -0.2) is 0 Å². The van der Waals surface area contributed by atoms with Gasteiger partial charge in [-0.15, -0.1) is 0 Å². The minimum atomic E-state index is -0.273. The average molecular weight is 397 g/mol. The van der Waals surface area contributed by atoms with Crippen molar-refractivity contribution in [3.8, 4) is 11.5 Å². The Hall–Kier alpha value is -3.06. The number of anilines is 1. The normalized spacial score (nSPS) is 14.1. The summed E-state index contributed by atoms with van der Waals surface area (Å²) in [6.07, 6.45) is 1.20. The summed E-state index contributed by atoms with van der Waals surface area (Å²) in [5.74, 6) is 0.840. The number of rotatable bonds is 6. The van der Waals surface area contributed by atoms with Crippen molar-refractivity contribution in [1.29, 1.82) is 0 Å². The molecule has 0 radical (unpaired) electrons. The molecule has 1 fully saturated rings. The molecule has 0 aliphatic carbocycles. The van der Waals surface area contributed by atoms with Gasteiger partial charge in [-0.2, -0.15) is 0 Å². The van der Waals surface area contributed by atoms with Gasteiger partial charge in [0.25, 0.3) is 5.91 Å². The second-order valence-electron chi connectivity index (χ2n) is 6.84. The monoisotopic (exact) mass is 397 g/mol. The number of nitrogens with zero attached hydrogens (tertiary/aromatic N) is 1. The molecule has 2 amide bonds. The molecular weight excluding hydrogens is 370 g/mol. The minimum Gasteiger partial charge on any atom is -0.493 e. The summed E-state index contributed by atoms with van der Waals surface area (Å²) in [6.45, 7) is 3.20. The highest BCUT2D eigenvalue weighted by Crippen LogP contribution is 2.28. The highest BCUT2D eigenvalue weighted by atomic mass is 16.5. The van der Waals surface area contributed by atoms with Crippen molar-refractivity contribution in [2.24, 2.45) is 0 Å². The molecule has 7 nitrogen and oxygen atoms in total. The van der Waals surface area contributed by atoms with Crippen LogP contribution >= 0.6 is 0 Å². The molecule has 1 aliphatic heterocycles. The van der Waals surface area contributed by atoms with Gasteiger partial charge >= 0.3 is 0 Å². The summed E-state index contributed by atoms with van der Waals surface area (Å²) in [5, 5.41) is 6.22. The predicted octanol–water partition coefficient (Wildman–Crippen LogP) is 2.32. The largest absolute Gasteiger partial charge is 0.493 e. The number of carbonyl (C=O) groups excluding carboxylic acids is 2. The first-order chi connectivity index (χ1) is 14.1. The quantitative estimate of drug-likeness (QED) is 0.782. The lowest BCUT2D eigenvalue weighted by molar-refractivity contribution is -0.130. The van der Waals surface area contributed by atoms with Gasteiger partial charge in [-0.05, 0) is 42.8 Å². The molecule has 0 unspecified atom stereocenters. The smallest absolute Gasteiger partial charge is 0.255 e. The number of nitrogens with one attached hydrogen (secondary N) is 2. The molecule has 0 spiro atoms. The number of hydrogen-bond donors (Lipinski definition) is 2. The summed E-state index contributed by atoms with van der Waals surface area (Å²) in [6, 6.07) is 12.4. The van der Waals surface area contributed by atoms with Crippen LogP contribution in [-0.4, -0.2) is 57.1 Å². The van der Waals surface area contributed by atoms with Crippen LogP contribution in [0, 0.1) is 0 Å². The van der Waals surface area contributed by atoms with Gasteiger partial charge in [-0.1, -0.05) is 18.2 Å². The van der Waals surface area contributed by atoms with E-state index >= 15 is 0 Å². The summed E-state index contributed by atoms with van der Waals surface area (Å²) in [7, 11) is 3.07. The van der Waals surface area contributed by atoms with Crippen LogP contribution in [0.1, 0.15) is 22.3 Å². The van der Waals surface area contributed by atoms with Crippen molar-refractivity contribution in [3.05, 3.63) is 53.6 Å². The van der Waals surface area contributed by atoms with E-state index in [1.54, 1.807) is 25.3 Å². The lowest BCUT2D eigenvalue weighted by atomic mass is 10.1. The fourth-order valence-electron chi connectivity index (χ4n) is 3.34. The number of benzene rings is 2. The summed E-state index contributed by atoms with van der Waals surface area (Å²) >= 11 is 0. The number of para-hydroxylation sites is 1. The topological polar surface area (TPSA) is 79.9 Å². The van der Waals surface area contributed by atoms with E-state index in [2.05, 4.69) is 10.6 Å². The van der Waals surface area contributed by atoms with Crippen molar-refractivity contribution in [2.75, 3.05) is 45.7 Å². The molecule has 0 aromatic heterocycles. The lowest BCUT2D eigenvalue weighted by Gasteiger charge is -2.21. The Morgan fingerprint density at radius 1 is 1.03 bits per heavy atom. The molecule has 1 saturated heterocycles. The predicted molar refractivity (Wildman–Crippen MR) is 112 cm³/mol. The zero-order valence-corrected chi connectivity index (χ0v) is 16.9. The number of carbonyl (C=O) groups is 2. The van der Waals surface area contributed by atoms with Crippen LogP contribution in [0.4, 0.5) is 5.69 Å². The Labute approximate surface area is 171 Å². The molecule has 1 aliphatic rings. The Balaban J connectivity index is 1.73. The van der Waals surface area contributed by atoms with E-state index in [-0.39, 0.29) is 18.2 Å². The van der Waals surface area contributed by atoms with Gasteiger partial charge in [0, 0.05) is 30.9 Å². The van der Waals surface area contributed by atoms with E-state index < -0.39 is 0 Å². The maximum atomic E-state index is 12.8. The van der Waals surface area contributed by atoms with Gasteiger partial charge < -0.3 is 25.0 Å². The molecule has 7 heteroatoms. The third-order valence-electron chi connectivity index (χ3n) is 4.95. The second kappa shape index (κ2) is 9.93. The van der Waals surface area contributed by atoms with Crippen LogP contribution in [0.5, 0.6) is 11.5 Å². The van der Waals surface area contributed by atoms with Gasteiger partial charge in [0.2, 0.25) is 5.91 Å². The molecule has 2 aromatic carbocycles. The fourth-order valence-corrected chi connectivity index (χ4v) is 3.34. The van der Waals surface area contributed by atoms with Crippen LogP contribution < -0.4 is 20.1 Å². The Bertz CT molecular complexity index is 861. The molecule has 0 saturated carbocycles. The van der Waals surface area contributed by atoms with Crippen molar-refractivity contribution in [3.63, 3.8) is 0 Å². The zero-order valence-electron chi connectivity index (χ0n) is 16.9. The third kappa shape index (κ3) is 5.26. The Kier molecular flexibility index (Phi) is 7.08. The van der Waals surface area contributed by atoms with E-state index in [4.69, 9.17) is 9.47 Å². The van der Waals surface area contributed by atoms with E-state index in [1.165, 1.54) is 7.11 Å². The van der Waals surface area contributed by atoms with Crippen LogP contribution in [-0.2, 0) is 11.2 Å². The SMILES string of the molecule is COc1ccc(C(=O)Nc2ccccc2CC(=O)N2CCCNCC2)cc1OC. The van der Waals surface area contributed by atoms with Crippen LogP contribution in [0.15, 0.2) is 42.5 Å². The molecule has 0 atom stereocenters. The maximum Gasteiger partial charge on any atom is 0.255 e. The van der Waals surface area contributed by atoms with Gasteiger partial charge in [0.05, 0.1) is 20.6 Å². The molecule has 2 N–H and O–H groups in total. The van der Waals surface area contributed by atoms with E-state index in [0.29, 0.717) is 29.3 Å².